The molecule has 0 spiro atoms. The van der Waals surface area contributed by atoms with Crippen molar-refractivity contribution in [3.8, 4) is 0 Å². The zero-order valence-electron chi connectivity index (χ0n) is 17.2. The zero-order valence-corrected chi connectivity index (χ0v) is 17.2. The van der Waals surface area contributed by atoms with Gasteiger partial charge in [-0.2, -0.15) is 10.1 Å². The van der Waals surface area contributed by atoms with Crippen molar-refractivity contribution in [1.82, 2.24) is 20.2 Å². The molecule has 28 heavy (non-hydrogen) atoms. The van der Waals surface area contributed by atoms with Gasteiger partial charge in [-0.25, -0.2) is 9.98 Å². The summed E-state index contributed by atoms with van der Waals surface area (Å²) in [6, 6.07) is 4.15. The summed E-state index contributed by atoms with van der Waals surface area (Å²) in [5.74, 6) is 2.52. The molecule has 0 radical (unpaired) electrons. The van der Waals surface area contributed by atoms with Gasteiger partial charge >= 0.3 is 0 Å². The van der Waals surface area contributed by atoms with Crippen LogP contribution in [0.2, 0.25) is 0 Å². The van der Waals surface area contributed by atoms with Gasteiger partial charge in [0.05, 0.1) is 5.71 Å². The van der Waals surface area contributed by atoms with Crippen LogP contribution in [0.25, 0.3) is 0 Å². The Morgan fingerprint density at radius 3 is 2.71 bits per heavy atom. The molecule has 3 aliphatic rings. The Balaban J connectivity index is 1.68. The van der Waals surface area contributed by atoms with Crippen LogP contribution in [0.15, 0.2) is 27.2 Å². The van der Waals surface area contributed by atoms with Crippen molar-refractivity contribution in [2.24, 2.45) is 15.1 Å². The van der Waals surface area contributed by atoms with Crippen molar-refractivity contribution in [2.75, 3.05) is 38.5 Å². The van der Waals surface area contributed by atoms with Crippen molar-refractivity contribution >= 4 is 23.3 Å². The highest BCUT2D eigenvalue weighted by molar-refractivity contribution is 6.12. The molecule has 1 aromatic rings. The van der Waals surface area contributed by atoms with Gasteiger partial charge in [0, 0.05) is 38.9 Å². The van der Waals surface area contributed by atoms with Crippen LogP contribution in [-0.2, 0) is 0 Å². The third kappa shape index (κ3) is 3.73. The fourth-order valence-electron chi connectivity index (χ4n) is 4.12. The van der Waals surface area contributed by atoms with Gasteiger partial charge in [0.1, 0.15) is 23.7 Å². The van der Waals surface area contributed by atoms with Gasteiger partial charge in [0.25, 0.3) is 0 Å². The number of aromatic nitrogens is 1. The first-order valence-electron chi connectivity index (χ1n) is 10.2. The number of aryl methyl sites for hydroxylation is 2. The van der Waals surface area contributed by atoms with E-state index in [1.165, 1.54) is 5.56 Å². The summed E-state index contributed by atoms with van der Waals surface area (Å²) < 4.78 is 0. The second-order valence-electron chi connectivity index (χ2n) is 7.76. The molecule has 4 heterocycles. The number of nitrogens with zero attached hydrogens (tertiary/aromatic N) is 6. The number of guanidine groups is 1. The lowest BCUT2D eigenvalue weighted by molar-refractivity contribution is 0.321. The van der Waals surface area contributed by atoms with Crippen molar-refractivity contribution in [1.29, 1.82) is 0 Å². The Morgan fingerprint density at radius 1 is 1.21 bits per heavy atom. The number of hydrogen-bond donors (Lipinski definition) is 2. The van der Waals surface area contributed by atoms with Crippen LogP contribution in [0.1, 0.15) is 31.0 Å². The van der Waals surface area contributed by atoms with Gasteiger partial charge in [0.2, 0.25) is 5.96 Å². The summed E-state index contributed by atoms with van der Waals surface area (Å²) in [4.78, 5) is 16.9. The fourth-order valence-corrected chi connectivity index (χ4v) is 4.12. The van der Waals surface area contributed by atoms with E-state index >= 15 is 0 Å². The maximum Gasteiger partial charge on any atom is 0.223 e. The minimum Gasteiger partial charge on any atom is -0.339 e. The number of likely N-dealkylation sites (N-methyl/N-ethyl adjacent to an activating group) is 1. The van der Waals surface area contributed by atoms with Crippen molar-refractivity contribution in [2.45, 2.75) is 45.7 Å². The summed E-state index contributed by atoms with van der Waals surface area (Å²) in [5.41, 5.74) is 3.32. The topological polar surface area (TPSA) is 80.5 Å². The van der Waals surface area contributed by atoms with Gasteiger partial charge in [-0.05, 0) is 38.0 Å². The smallest absolute Gasteiger partial charge is 0.223 e. The van der Waals surface area contributed by atoms with Gasteiger partial charge in [-0.15, -0.1) is 0 Å². The first kappa shape index (κ1) is 18.9. The first-order valence-corrected chi connectivity index (χ1v) is 10.2. The average molecular weight is 383 g/mol. The molecule has 0 amide bonds. The summed E-state index contributed by atoms with van der Waals surface area (Å²) >= 11 is 0. The van der Waals surface area contributed by atoms with Crippen LogP contribution in [0, 0.1) is 13.8 Å². The SMILES string of the molecule is CCCC1=NN(C)C2C(Nc3cc(C)cc(C)n3)=NC(N3CCNCC3)=NC12. The highest BCUT2D eigenvalue weighted by Crippen LogP contribution is 2.26. The van der Waals surface area contributed by atoms with Crippen LogP contribution in [-0.4, -0.2) is 77.7 Å². The molecule has 2 atom stereocenters. The summed E-state index contributed by atoms with van der Waals surface area (Å²) in [5, 5.41) is 13.7. The molecule has 2 unspecified atom stereocenters. The van der Waals surface area contributed by atoms with Gasteiger partial charge in [-0.1, -0.05) is 13.3 Å². The Bertz CT molecular complexity index is 801. The van der Waals surface area contributed by atoms with E-state index in [9.17, 15) is 0 Å². The molecule has 1 aromatic heterocycles. The predicted molar refractivity (Wildman–Crippen MR) is 114 cm³/mol. The third-order valence-electron chi connectivity index (χ3n) is 5.34. The van der Waals surface area contributed by atoms with Crippen LogP contribution < -0.4 is 10.6 Å². The van der Waals surface area contributed by atoms with E-state index in [-0.39, 0.29) is 12.1 Å². The molecule has 1 saturated heterocycles. The summed E-state index contributed by atoms with van der Waals surface area (Å²) in [6.07, 6.45) is 2.02. The van der Waals surface area contributed by atoms with E-state index in [2.05, 4.69) is 46.5 Å². The van der Waals surface area contributed by atoms with E-state index in [1.54, 1.807) is 0 Å². The number of anilines is 1. The molecule has 0 aliphatic carbocycles. The standard InChI is InChI=1S/C20H30N8/c1-5-6-15-17-18(27(4)26-15)19(23-16-12-13(2)11-14(3)22-16)25-20(24-17)28-9-7-21-8-10-28/h11-12,17-18,21H,5-10H2,1-4H3,(H,22,23,24,25). The Labute approximate surface area is 166 Å². The van der Waals surface area contributed by atoms with Crippen molar-refractivity contribution < 1.29 is 0 Å². The predicted octanol–water partition coefficient (Wildman–Crippen LogP) is 1.62. The molecule has 2 N–H and O–H groups in total. The Kier molecular flexibility index (Phi) is 5.30. The highest BCUT2D eigenvalue weighted by Gasteiger charge is 2.42. The molecule has 8 nitrogen and oxygen atoms in total. The van der Waals surface area contributed by atoms with E-state index in [0.29, 0.717) is 0 Å². The number of nitrogens with one attached hydrogen (secondary N) is 2. The number of amidine groups is 1. The van der Waals surface area contributed by atoms with E-state index in [0.717, 1.165) is 68.0 Å². The van der Waals surface area contributed by atoms with Gasteiger partial charge < -0.3 is 15.5 Å². The lowest BCUT2D eigenvalue weighted by Crippen LogP contribution is -2.52. The molecule has 8 heteroatoms. The zero-order chi connectivity index (χ0) is 19.7. The van der Waals surface area contributed by atoms with Crippen LogP contribution >= 0.6 is 0 Å². The second kappa shape index (κ2) is 7.87. The molecular formula is C20H30N8. The van der Waals surface area contributed by atoms with Gasteiger partial charge in [-0.3, -0.25) is 5.01 Å². The minimum absolute atomic E-state index is 0.00386. The summed E-state index contributed by atoms with van der Waals surface area (Å²) in [7, 11) is 2.01. The quantitative estimate of drug-likeness (QED) is 0.830. The molecule has 3 aliphatic heterocycles. The number of aliphatic imine (C=N–C) groups is 2. The number of hydrogen-bond acceptors (Lipinski definition) is 8. The monoisotopic (exact) mass is 382 g/mol. The Morgan fingerprint density at radius 2 is 2.00 bits per heavy atom. The molecule has 4 rings (SSSR count). The fraction of sp³-hybridized carbons (Fsp3) is 0.600. The molecule has 150 valence electrons. The largest absolute Gasteiger partial charge is 0.339 e. The maximum absolute atomic E-state index is 5.04. The van der Waals surface area contributed by atoms with E-state index in [1.807, 2.05) is 19.0 Å². The number of pyridine rings is 1. The van der Waals surface area contributed by atoms with Crippen LogP contribution in [0.4, 0.5) is 5.82 Å². The highest BCUT2D eigenvalue weighted by atomic mass is 15.5. The third-order valence-corrected chi connectivity index (χ3v) is 5.34. The molecule has 0 aromatic carbocycles. The van der Waals surface area contributed by atoms with E-state index in [4.69, 9.17) is 15.1 Å². The normalized spacial score (nSPS) is 24.5. The molecule has 0 bridgehead atoms. The maximum atomic E-state index is 5.04. The van der Waals surface area contributed by atoms with E-state index < -0.39 is 0 Å². The van der Waals surface area contributed by atoms with Gasteiger partial charge in [0.15, 0.2) is 0 Å². The average Bonchev–Trinajstić information content (AvgIpc) is 2.98. The lowest BCUT2D eigenvalue weighted by Gasteiger charge is -2.34. The summed E-state index contributed by atoms with van der Waals surface area (Å²) in [6.45, 7) is 10.0. The van der Waals surface area contributed by atoms with Crippen LogP contribution in [0.5, 0.6) is 0 Å². The van der Waals surface area contributed by atoms with Crippen molar-refractivity contribution in [3.05, 3.63) is 23.4 Å². The lowest BCUT2D eigenvalue weighted by atomic mass is 9.99. The Hall–Kier alpha value is -2.48. The number of piperazine rings is 1. The molecular weight excluding hydrogens is 352 g/mol. The minimum atomic E-state index is -0.00386. The molecule has 1 fully saturated rings. The number of hydrazone groups is 1. The number of rotatable bonds is 3. The first-order chi connectivity index (χ1) is 13.5. The van der Waals surface area contributed by atoms with Crippen molar-refractivity contribution in [3.63, 3.8) is 0 Å². The molecule has 0 saturated carbocycles. The van der Waals surface area contributed by atoms with Crippen LogP contribution in [0.3, 0.4) is 0 Å². The second-order valence-corrected chi connectivity index (χ2v) is 7.76. The number of fused-ring (bicyclic) bond motifs is 1.